The van der Waals surface area contributed by atoms with Gasteiger partial charge in [-0.3, -0.25) is 4.98 Å². The van der Waals surface area contributed by atoms with Crippen LogP contribution >= 0.6 is 11.6 Å². The van der Waals surface area contributed by atoms with Gasteiger partial charge in [-0.25, -0.2) is 4.98 Å². The SMILES string of the molecule is O=CC1(c2nccnc2Cl)CCC1. The molecule has 2 rings (SSSR count). The average molecular weight is 197 g/mol. The van der Waals surface area contributed by atoms with Gasteiger partial charge in [0.05, 0.1) is 11.1 Å². The first-order valence-corrected chi connectivity index (χ1v) is 4.60. The largest absolute Gasteiger partial charge is 0.302 e. The van der Waals surface area contributed by atoms with Gasteiger partial charge in [-0.05, 0) is 12.8 Å². The van der Waals surface area contributed by atoms with Crippen LogP contribution < -0.4 is 0 Å². The Labute approximate surface area is 81.2 Å². The van der Waals surface area contributed by atoms with Crippen molar-refractivity contribution >= 4 is 17.9 Å². The summed E-state index contributed by atoms with van der Waals surface area (Å²) >= 11 is 5.87. The highest BCUT2D eigenvalue weighted by molar-refractivity contribution is 6.30. The number of hydrogen-bond acceptors (Lipinski definition) is 3. The molecule has 0 radical (unpaired) electrons. The molecule has 0 aromatic carbocycles. The number of rotatable bonds is 2. The van der Waals surface area contributed by atoms with E-state index in [2.05, 4.69) is 9.97 Å². The second kappa shape index (κ2) is 3.07. The van der Waals surface area contributed by atoms with Gasteiger partial charge in [0.2, 0.25) is 0 Å². The van der Waals surface area contributed by atoms with E-state index in [0.29, 0.717) is 10.8 Å². The fraction of sp³-hybridized carbons (Fsp3) is 0.444. The smallest absolute Gasteiger partial charge is 0.151 e. The van der Waals surface area contributed by atoms with Crippen molar-refractivity contribution in [1.82, 2.24) is 9.97 Å². The van der Waals surface area contributed by atoms with Gasteiger partial charge in [0.25, 0.3) is 0 Å². The van der Waals surface area contributed by atoms with Crippen molar-refractivity contribution in [2.45, 2.75) is 24.7 Å². The zero-order valence-corrected chi connectivity index (χ0v) is 7.79. The molecule has 1 aromatic rings. The zero-order valence-electron chi connectivity index (χ0n) is 7.03. The number of aromatic nitrogens is 2. The molecule has 1 aliphatic rings. The maximum absolute atomic E-state index is 10.9. The molecule has 0 amide bonds. The van der Waals surface area contributed by atoms with Crippen LogP contribution in [0.1, 0.15) is 25.0 Å². The molecule has 0 saturated heterocycles. The molecule has 0 N–H and O–H groups in total. The fourth-order valence-electron chi connectivity index (χ4n) is 1.62. The van der Waals surface area contributed by atoms with Gasteiger partial charge < -0.3 is 4.79 Å². The van der Waals surface area contributed by atoms with Crippen LogP contribution in [0.4, 0.5) is 0 Å². The summed E-state index contributed by atoms with van der Waals surface area (Å²) < 4.78 is 0. The Balaban J connectivity index is 2.44. The molecule has 4 heteroatoms. The van der Waals surface area contributed by atoms with Gasteiger partial charge >= 0.3 is 0 Å². The van der Waals surface area contributed by atoms with Crippen molar-refractivity contribution in [3.05, 3.63) is 23.2 Å². The number of carbonyl (C=O) groups excluding carboxylic acids is 1. The van der Waals surface area contributed by atoms with E-state index >= 15 is 0 Å². The lowest BCUT2D eigenvalue weighted by Gasteiger charge is -2.35. The molecule has 1 fully saturated rings. The quantitative estimate of drug-likeness (QED) is 0.677. The van der Waals surface area contributed by atoms with Crippen LogP contribution in [0.5, 0.6) is 0 Å². The maximum Gasteiger partial charge on any atom is 0.151 e. The third kappa shape index (κ3) is 1.23. The fourth-order valence-corrected chi connectivity index (χ4v) is 1.92. The monoisotopic (exact) mass is 196 g/mol. The topological polar surface area (TPSA) is 42.9 Å². The number of aldehydes is 1. The van der Waals surface area contributed by atoms with Crippen molar-refractivity contribution in [3.63, 3.8) is 0 Å². The van der Waals surface area contributed by atoms with Gasteiger partial charge in [0.1, 0.15) is 6.29 Å². The predicted molar refractivity (Wildman–Crippen MR) is 48.6 cm³/mol. The number of carbonyl (C=O) groups is 1. The summed E-state index contributed by atoms with van der Waals surface area (Å²) in [6, 6.07) is 0. The Morgan fingerprint density at radius 2 is 2.08 bits per heavy atom. The van der Waals surface area contributed by atoms with Crippen LogP contribution in [0, 0.1) is 0 Å². The van der Waals surface area contributed by atoms with E-state index in [9.17, 15) is 4.79 Å². The molecule has 0 atom stereocenters. The van der Waals surface area contributed by atoms with Crippen molar-refractivity contribution in [2.75, 3.05) is 0 Å². The number of halogens is 1. The number of nitrogens with zero attached hydrogens (tertiary/aromatic N) is 2. The van der Waals surface area contributed by atoms with Crippen molar-refractivity contribution in [3.8, 4) is 0 Å². The highest BCUT2D eigenvalue weighted by Crippen LogP contribution is 2.42. The minimum Gasteiger partial charge on any atom is -0.302 e. The summed E-state index contributed by atoms with van der Waals surface area (Å²) in [7, 11) is 0. The van der Waals surface area contributed by atoms with Gasteiger partial charge in [-0.15, -0.1) is 0 Å². The molecule has 1 aromatic heterocycles. The van der Waals surface area contributed by atoms with Crippen molar-refractivity contribution in [1.29, 1.82) is 0 Å². The summed E-state index contributed by atoms with van der Waals surface area (Å²) in [6.07, 6.45) is 6.80. The van der Waals surface area contributed by atoms with E-state index < -0.39 is 5.41 Å². The molecule has 0 aliphatic heterocycles. The molecule has 1 heterocycles. The second-order valence-corrected chi connectivity index (χ2v) is 3.68. The van der Waals surface area contributed by atoms with Gasteiger partial charge in [0.15, 0.2) is 5.15 Å². The summed E-state index contributed by atoms with van der Waals surface area (Å²) in [5.41, 5.74) is 0.198. The highest BCUT2D eigenvalue weighted by atomic mass is 35.5. The van der Waals surface area contributed by atoms with Crippen LogP contribution in [-0.2, 0) is 10.2 Å². The van der Waals surface area contributed by atoms with Gasteiger partial charge in [-0.1, -0.05) is 18.0 Å². The van der Waals surface area contributed by atoms with Crippen LogP contribution in [-0.4, -0.2) is 16.3 Å². The third-order valence-electron chi connectivity index (χ3n) is 2.60. The predicted octanol–water partition coefficient (Wildman–Crippen LogP) is 1.75. The van der Waals surface area contributed by atoms with E-state index in [1.54, 1.807) is 6.20 Å². The van der Waals surface area contributed by atoms with E-state index in [1.807, 2.05) is 0 Å². The van der Waals surface area contributed by atoms with Crippen LogP contribution in [0.3, 0.4) is 0 Å². The minimum atomic E-state index is -0.439. The van der Waals surface area contributed by atoms with Gasteiger partial charge in [0, 0.05) is 12.4 Å². The lowest BCUT2D eigenvalue weighted by Crippen LogP contribution is -2.37. The first kappa shape index (κ1) is 8.63. The summed E-state index contributed by atoms with van der Waals surface area (Å²) in [4.78, 5) is 19.0. The Hall–Kier alpha value is -0.960. The summed E-state index contributed by atoms with van der Waals surface area (Å²) in [5, 5.41) is 0.356. The molecule has 0 spiro atoms. The van der Waals surface area contributed by atoms with Crippen LogP contribution in [0.15, 0.2) is 12.4 Å². The Kier molecular flexibility index (Phi) is 2.04. The molecule has 1 saturated carbocycles. The summed E-state index contributed by atoms with van der Waals surface area (Å²) in [6.45, 7) is 0. The Morgan fingerprint density at radius 3 is 2.54 bits per heavy atom. The standard InChI is InChI=1S/C9H9ClN2O/c10-8-7(11-4-5-12-8)9(6-13)2-1-3-9/h4-6H,1-3H2. The molecule has 0 unspecified atom stereocenters. The lowest BCUT2D eigenvalue weighted by molar-refractivity contribution is -0.115. The molecular weight excluding hydrogens is 188 g/mol. The molecule has 1 aliphatic carbocycles. The normalized spacial score (nSPS) is 19.2. The van der Waals surface area contributed by atoms with E-state index in [-0.39, 0.29) is 0 Å². The first-order valence-electron chi connectivity index (χ1n) is 4.22. The van der Waals surface area contributed by atoms with Crippen molar-refractivity contribution in [2.24, 2.45) is 0 Å². The minimum absolute atomic E-state index is 0.356. The van der Waals surface area contributed by atoms with Crippen molar-refractivity contribution < 1.29 is 4.79 Å². The second-order valence-electron chi connectivity index (χ2n) is 3.32. The summed E-state index contributed by atoms with van der Waals surface area (Å²) in [5.74, 6) is 0. The van der Waals surface area contributed by atoms with Gasteiger partial charge in [-0.2, -0.15) is 0 Å². The van der Waals surface area contributed by atoms with E-state index in [0.717, 1.165) is 25.5 Å². The lowest BCUT2D eigenvalue weighted by atomic mass is 9.68. The molecular formula is C9H9ClN2O. The average Bonchev–Trinajstić information content (AvgIpc) is 2.07. The maximum atomic E-state index is 10.9. The molecule has 68 valence electrons. The zero-order chi connectivity index (χ0) is 9.31. The Morgan fingerprint density at radius 1 is 1.38 bits per heavy atom. The van der Waals surface area contributed by atoms with Crippen LogP contribution in [0.2, 0.25) is 5.15 Å². The third-order valence-corrected chi connectivity index (χ3v) is 2.87. The Bertz CT molecular complexity index is 336. The molecule has 0 bridgehead atoms. The molecule has 3 nitrogen and oxygen atoms in total. The molecule has 13 heavy (non-hydrogen) atoms. The van der Waals surface area contributed by atoms with E-state index in [1.165, 1.54) is 6.20 Å². The highest BCUT2D eigenvalue weighted by Gasteiger charge is 2.41. The first-order chi connectivity index (χ1) is 6.28. The van der Waals surface area contributed by atoms with E-state index in [4.69, 9.17) is 11.6 Å². The number of hydrogen-bond donors (Lipinski definition) is 0. The van der Waals surface area contributed by atoms with Crippen LogP contribution in [0.25, 0.3) is 0 Å².